The standard InChI is InChI=1S/C17H10ClN3O2S/c18-12-6-7-13-14(8-12)21(17-19-15(9-24-17)23-10-22)20-16(13)11-4-2-1-3-5-11/h1-10H. The van der Waals surface area contributed by atoms with E-state index in [0.29, 0.717) is 16.6 Å². The molecule has 0 aliphatic heterocycles. The van der Waals surface area contributed by atoms with E-state index in [9.17, 15) is 4.79 Å². The quantitative estimate of drug-likeness (QED) is 0.511. The van der Waals surface area contributed by atoms with Crippen molar-refractivity contribution in [3.05, 3.63) is 58.9 Å². The van der Waals surface area contributed by atoms with Crippen LogP contribution in [0.25, 0.3) is 27.3 Å². The van der Waals surface area contributed by atoms with Crippen molar-refractivity contribution in [3.63, 3.8) is 0 Å². The van der Waals surface area contributed by atoms with Crippen molar-refractivity contribution in [2.45, 2.75) is 0 Å². The number of aromatic nitrogens is 3. The van der Waals surface area contributed by atoms with Crippen LogP contribution in [0.3, 0.4) is 0 Å². The Kier molecular flexibility index (Phi) is 3.76. The molecular weight excluding hydrogens is 346 g/mol. The second-order valence-electron chi connectivity index (χ2n) is 4.97. The molecule has 0 aliphatic carbocycles. The maximum absolute atomic E-state index is 10.5. The van der Waals surface area contributed by atoms with E-state index in [2.05, 4.69) is 4.98 Å². The Bertz CT molecular complexity index is 1030. The van der Waals surface area contributed by atoms with Crippen molar-refractivity contribution in [1.29, 1.82) is 0 Å². The second-order valence-corrected chi connectivity index (χ2v) is 6.24. The van der Waals surface area contributed by atoms with Crippen molar-refractivity contribution < 1.29 is 9.53 Å². The molecule has 0 unspecified atom stereocenters. The third kappa shape index (κ3) is 2.55. The molecule has 118 valence electrons. The van der Waals surface area contributed by atoms with Crippen LogP contribution in [-0.2, 0) is 4.79 Å². The molecule has 0 saturated heterocycles. The number of nitrogens with zero attached hydrogens (tertiary/aromatic N) is 3. The predicted molar refractivity (Wildman–Crippen MR) is 93.9 cm³/mol. The van der Waals surface area contributed by atoms with Crippen molar-refractivity contribution in [2.75, 3.05) is 0 Å². The van der Waals surface area contributed by atoms with Crippen LogP contribution in [0.5, 0.6) is 5.88 Å². The fourth-order valence-corrected chi connectivity index (χ4v) is 3.36. The van der Waals surface area contributed by atoms with Crippen molar-refractivity contribution in [2.24, 2.45) is 0 Å². The molecular formula is C17H10ClN3O2S. The number of carbonyl (C=O) groups excluding carboxylic acids is 1. The Balaban J connectivity index is 1.94. The summed E-state index contributed by atoms with van der Waals surface area (Å²) >= 11 is 7.49. The van der Waals surface area contributed by atoms with Crippen molar-refractivity contribution >= 4 is 40.3 Å². The molecule has 0 amide bonds. The van der Waals surface area contributed by atoms with Gasteiger partial charge in [-0.05, 0) is 18.2 Å². The fourth-order valence-electron chi connectivity index (χ4n) is 2.49. The topological polar surface area (TPSA) is 57.0 Å². The number of ether oxygens (including phenoxy) is 1. The number of hydrogen-bond donors (Lipinski definition) is 0. The first-order valence-corrected chi connectivity index (χ1v) is 8.32. The summed E-state index contributed by atoms with van der Waals surface area (Å²) in [5.74, 6) is 0.247. The number of halogens is 1. The number of fused-ring (bicyclic) bond motifs is 1. The minimum Gasteiger partial charge on any atom is -0.409 e. The predicted octanol–water partition coefficient (Wildman–Crippen LogP) is 4.34. The molecule has 5 nitrogen and oxygen atoms in total. The fraction of sp³-hybridized carbons (Fsp3) is 0. The summed E-state index contributed by atoms with van der Waals surface area (Å²) in [6, 6.07) is 15.5. The average Bonchev–Trinajstić information content (AvgIpc) is 3.20. The van der Waals surface area contributed by atoms with Gasteiger partial charge < -0.3 is 4.74 Å². The van der Waals surface area contributed by atoms with E-state index in [4.69, 9.17) is 21.4 Å². The third-order valence-corrected chi connectivity index (χ3v) is 4.54. The number of benzene rings is 2. The van der Waals surface area contributed by atoms with E-state index < -0.39 is 0 Å². The van der Waals surface area contributed by atoms with Crippen molar-refractivity contribution in [3.8, 4) is 22.3 Å². The summed E-state index contributed by atoms with van der Waals surface area (Å²) in [6.07, 6.45) is 0. The summed E-state index contributed by atoms with van der Waals surface area (Å²) in [5.41, 5.74) is 2.69. The molecule has 0 saturated carbocycles. The van der Waals surface area contributed by atoms with Crippen LogP contribution in [0.1, 0.15) is 0 Å². The second kappa shape index (κ2) is 6.07. The molecule has 0 bridgehead atoms. The summed E-state index contributed by atoms with van der Waals surface area (Å²) in [7, 11) is 0. The third-order valence-electron chi connectivity index (χ3n) is 3.51. The largest absolute Gasteiger partial charge is 0.409 e. The highest BCUT2D eigenvalue weighted by atomic mass is 35.5. The molecule has 0 N–H and O–H groups in total. The van der Waals surface area contributed by atoms with Gasteiger partial charge in [0.2, 0.25) is 11.0 Å². The maximum atomic E-state index is 10.5. The lowest BCUT2D eigenvalue weighted by Gasteiger charge is -1.98. The van der Waals surface area contributed by atoms with Gasteiger partial charge in [0.15, 0.2) is 0 Å². The van der Waals surface area contributed by atoms with Gasteiger partial charge in [-0.1, -0.05) is 53.3 Å². The molecule has 4 rings (SSSR count). The van der Waals surface area contributed by atoms with Gasteiger partial charge in [0, 0.05) is 16.0 Å². The van der Waals surface area contributed by atoms with E-state index in [1.165, 1.54) is 11.3 Å². The highest BCUT2D eigenvalue weighted by molar-refractivity contribution is 7.12. The average molecular weight is 356 g/mol. The van der Waals surface area contributed by atoms with Crippen LogP contribution in [-0.4, -0.2) is 21.2 Å². The highest BCUT2D eigenvalue weighted by Crippen LogP contribution is 2.32. The summed E-state index contributed by atoms with van der Waals surface area (Å²) in [5, 5.41) is 8.55. The number of thiazole rings is 1. The van der Waals surface area contributed by atoms with Gasteiger partial charge in [-0.25, -0.2) is 4.68 Å². The summed E-state index contributed by atoms with van der Waals surface area (Å²) < 4.78 is 6.50. The first-order valence-electron chi connectivity index (χ1n) is 7.06. The van der Waals surface area contributed by atoms with Crippen molar-refractivity contribution in [1.82, 2.24) is 14.8 Å². The monoisotopic (exact) mass is 355 g/mol. The van der Waals surface area contributed by atoms with Gasteiger partial charge in [-0.2, -0.15) is 10.1 Å². The minimum absolute atomic E-state index is 0.247. The van der Waals surface area contributed by atoms with E-state index in [1.807, 2.05) is 48.5 Å². The lowest BCUT2D eigenvalue weighted by atomic mass is 10.1. The first kappa shape index (κ1) is 14.9. The summed E-state index contributed by atoms with van der Waals surface area (Å²) in [6.45, 7) is 0.353. The Morgan fingerprint density at radius 3 is 2.79 bits per heavy atom. The molecule has 2 aromatic heterocycles. The number of rotatable bonds is 4. The zero-order chi connectivity index (χ0) is 16.5. The lowest BCUT2D eigenvalue weighted by Crippen LogP contribution is -1.96. The Morgan fingerprint density at radius 2 is 2.00 bits per heavy atom. The van der Waals surface area contributed by atoms with E-state index in [1.54, 1.807) is 10.1 Å². The van der Waals surface area contributed by atoms with Gasteiger partial charge in [-0.15, -0.1) is 0 Å². The zero-order valence-corrected chi connectivity index (χ0v) is 13.8. The van der Waals surface area contributed by atoms with E-state index in [0.717, 1.165) is 22.2 Å². The highest BCUT2D eigenvalue weighted by Gasteiger charge is 2.16. The molecule has 0 aliphatic rings. The number of carbonyl (C=O) groups is 1. The van der Waals surface area contributed by atoms with Gasteiger partial charge in [-0.3, -0.25) is 4.79 Å². The molecule has 2 aromatic carbocycles. The normalized spacial score (nSPS) is 10.9. The SMILES string of the molecule is O=COc1csc(-n2nc(-c3ccccc3)c3ccc(Cl)cc32)n1. The van der Waals surface area contributed by atoms with Crippen LogP contribution in [0.2, 0.25) is 5.02 Å². The van der Waals surface area contributed by atoms with Gasteiger partial charge in [0.25, 0.3) is 6.47 Å². The summed E-state index contributed by atoms with van der Waals surface area (Å²) in [4.78, 5) is 14.7. The van der Waals surface area contributed by atoms with Crippen LogP contribution in [0.15, 0.2) is 53.9 Å². The molecule has 7 heteroatoms. The molecule has 24 heavy (non-hydrogen) atoms. The molecule has 0 spiro atoms. The van der Waals surface area contributed by atoms with E-state index in [-0.39, 0.29) is 5.88 Å². The van der Waals surface area contributed by atoms with Gasteiger partial charge in [0.05, 0.1) is 10.9 Å². The van der Waals surface area contributed by atoms with Crippen LogP contribution in [0.4, 0.5) is 0 Å². The Labute approximate surface area is 146 Å². The Hall–Kier alpha value is -2.70. The van der Waals surface area contributed by atoms with Gasteiger partial charge >= 0.3 is 0 Å². The molecule has 0 radical (unpaired) electrons. The maximum Gasteiger partial charge on any atom is 0.299 e. The first-order chi connectivity index (χ1) is 11.8. The van der Waals surface area contributed by atoms with Gasteiger partial charge in [0.1, 0.15) is 5.69 Å². The van der Waals surface area contributed by atoms with Crippen LogP contribution < -0.4 is 4.74 Å². The zero-order valence-electron chi connectivity index (χ0n) is 12.2. The molecule has 0 fully saturated rings. The smallest absolute Gasteiger partial charge is 0.299 e. The van der Waals surface area contributed by atoms with Crippen LogP contribution in [0, 0.1) is 0 Å². The van der Waals surface area contributed by atoms with E-state index >= 15 is 0 Å². The Morgan fingerprint density at radius 1 is 1.17 bits per heavy atom. The minimum atomic E-state index is 0.247. The van der Waals surface area contributed by atoms with Crippen LogP contribution >= 0.6 is 22.9 Å². The lowest BCUT2D eigenvalue weighted by molar-refractivity contribution is -0.120. The molecule has 2 heterocycles. The molecule has 0 atom stereocenters. The molecule has 4 aromatic rings. The number of hydrogen-bond acceptors (Lipinski definition) is 5.